The molecule has 0 saturated heterocycles. The van der Waals surface area contributed by atoms with Crippen LogP contribution in [-0.2, 0) is 4.65 Å². The van der Waals surface area contributed by atoms with Crippen molar-refractivity contribution in [1.29, 1.82) is 0 Å². The number of aliphatic hydroxyl groups is 1. The fourth-order valence-corrected chi connectivity index (χ4v) is 3.53. The van der Waals surface area contributed by atoms with E-state index in [9.17, 15) is 5.11 Å². The first-order chi connectivity index (χ1) is 15.7. The maximum absolute atomic E-state index is 10.5. The summed E-state index contributed by atoms with van der Waals surface area (Å²) in [6, 6.07) is 35.9. The van der Waals surface area contributed by atoms with Crippen LogP contribution in [0.1, 0.15) is 27.7 Å². The van der Waals surface area contributed by atoms with Gasteiger partial charge in [0.1, 0.15) is 0 Å². The van der Waals surface area contributed by atoms with Crippen molar-refractivity contribution in [2.45, 2.75) is 38.9 Å². The van der Waals surface area contributed by atoms with E-state index in [1.807, 2.05) is 38.1 Å². The lowest BCUT2D eigenvalue weighted by Gasteiger charge is -2.37. The molecule has 3 heteroatoms. The Kier molecular flexibility index (Phi) is 6.55. The van der Waals surface area contributed by atoms with Crippen LogP contribution < -0.4 is 5.46 Å². The van der Waals surface area contributed by atoms with E-state index in [1.165, 1.54) is 11.1 Å². The van der Waals surface area contributed by atoms with Crippen LogP contribution in [-0.4, -0.2) is 23.8 Å². The lowest BCUT2D eigenvalue weighted by Crippen LogP contribution is -2.49. The molecule has 2 nitrogen and oxygen atoms in total. The quantitative estimate of drug-likeness (QED) is 0.337. The molecule has 165 valence electrons. The van der Waals surface area contributed by atoms with E-state index in [0.29, 0.717) is 0 Å². The molecule has 4 aromatic rings. The largest absolute Gasteiger partial charge is 0.427 e. The van der Waals surface area contributed by atoms with Gasteiger partial charge in [0.25, 0.3) is 0 Å². The molecule has 4 aromatic carbocycles. The van der Waals surface area contributed by atoms with Gasteiger partial charge in [0.15, 0.2) is 0 Å². The van der Waals surface area contributed by atoms with Crippen LogP contribution in [0.25, 0.3) is 33.4 Å². The second-order valence-corrected chi connectivity index (χ2v) is 9.46. The number of hydrogen-bond donors (Lipinski definition) is 1. The van der Waals surface area contributed by atoms with Gasteiger partial charge in [-0.2, -0.15) is 0 Å². The third-order valence-electron chi connectivity index (χ3n) is 6.35. The molecule has 0 aliphatic rings. The molecule has 0 fully saturated rings. The smallest absolute Gasteiger partial charge is 0.330 e. The molecule has 0 atom stereocenters. The SMILES string of the molecule is CC(C)(O)C(C)(C)O[B]c1cc(-c2ccccc2)cc(-c2ccc(-c3ccccc3)cc2)c1. The normalized spacial score (nSPS) is 11.9. The van der Waals surface area contributed by atoms with Crippen LogP contribution in [0.3, 0.4) is 0 Å². The van der Waals surface area contributed by atoms with Crippen LogP contribution in [0.15, 0.2) is 103 Å². The fourth-order valence-electron chi connectivity index (χ4n) is 3.53. The Morgan fingerprint density at radius 1 is 0.545 bits per heavy atom. The average molecular weight is 433 g/mol. The minimum atomic E-state index is -0.976. The molecule has 0 heterocycles. The zero-order valence-corrected chi connectivity index (χ0v) is 19.7. The molecule has 0 bridgehead atoms. The molecule has 33 heavy (non-hydrogen) atoms. The first-order valence-electron chi connectivity index (χ1n) is 11.3. The van der Waals surface area contributed by atoms with Crippen molar-refractivity contribution in [2.75, 3.05) is 0 Å². The lowest BCUT2D eigenvalue weighted by molar-refractivity contribution is -0.0893. The van der Waals surface area contributed by atoms with Gasteiger partial charge in [-0.05, 0) is 67.1 Å². The second kappa shape index (κ2) is 9.39. The number of rotatable bonds is 7. The van der Waals surface area contributed by atoms with Gasteiger partial charge >= 0.3 is 7.48 Å². The molecule has 1 radical (unpaired) electrons. The highest BCUT2D eigenvalue weighted by Crippen LogP contribution is 2.29. The van der Waals surface area contributed by atoms with Gasteiger partial charge < -0.3 is 9.76 Å². The van der Waals surface area contributed by atoms with Crippen molar-refractivity contribution in [3.8, 4) is 33.4 Å². The summed E-state index contributed by atoms with van der Waals surface area (Å²) in [5, 5.41) is 10.5. The van der Waals surface area contributed by atoms with E-state index in [1.54, 1.807) is 21.3 Å². The summed E-state index contributed by atoms with van der Waals surface area (Å²) in [5.41, 5.74) is 6.18. The van der Waals surface area contributed by atoms with E-state index in [4.69, 9.17) is 4.65 Å². The van der Waals surface area contributed by atoms with Gasteiger partial charge in [-0.25, -0.2) is 0 Å². The first-order valence-corrected chi connectivity index (χ1v) is 11.3. The maximum atomic E-state index is 10.5. The molecule has 0 aromatic heterocycles. The Bertz CT molecular complexity index is 1190. The third kappa shape index (κ3) is 5.44. The highest BCUT2D eigenvalue weighted by molar-refractivity contribution is 6.47. The minimum Gasteiger partial charge on any atom is -0.427 e. The van der Waals surface area contributed by atoms with Crippen molar-refractivity contribution in [2.24, 2.45) is 0 Å². The van der Waals surface area contributed by atoms with Gasteiger partial charge in [-0.15, -0.1) is 0 Å². The summed E-state index contributed by atoms with van der Waals surface area (Å²) in [7, 11) is 1.76. The van der Waals surface area contributed by atoms with E-state index in [0.717, 1.165) is 27.7 Å². The zero-order chi connectivity index (χ0) is 23.5. The summed E-state index contributed by atoms with van der Waals surface area (Å²) in [5.74, 6) is 0. The molecular weight excluding hydrogens is 403 g/mol. The third-order valence-corrected chi connectivity index (χ3v) is 6.35. The average Bonchev–Trinajstić information content (AvgIpc) is 2.83. The van der Waals surface area contributed by atoms with Crippen molar-refractivity contribution in [1.82, 2.24) is 0 Å². The predicted octanol–water partition coefficient (Wildman–Crippen LogP) is 6.50. The second-order valence-electron chi connectivity index (χ2n) is 9.46. The lowest BCUT2D eigenvalue weighted by atomic mass is 9.80. The fraction of sp³-hybridized carbons (Fsp3) is 0.200. The Balaban J connectivity index is 1.69. The van der Waals surface area contributed by atoms with Crippen molar-refractivity contribution >= 4 is 12.9 Å². The van der Waals surface area contributed by atoms with E-state index < -0.39 is 11.2 Å². The molecule has 4 rings (SSSR count). The minimum absolute atomic E-state index is 0.729. The van der Waals surface area contributed by atoms with Gasteiger partial charge in [0, 0.05) is 0 Å². The summed E-state index contributed by atoms with van der Waals surface area (Å²) < 4.78 is 6.06. The Morgan fingerprint density at radius 2 is 0.939 bits per heavy atom. The summed E-state index contributed by atoms with van der Waals surface area (Å²) in [4.78, 5) is 0. The predicted molar refractivity (Wildman–Crippen MR) is 140 cm³/mol. The monoisotopic (exact) mass is 433 g/mol. The van der Waals surface area contributed by atoms with Crippen LogP contribution in [0.5, 0.6) is 0 Å². The molecule has 0 saturated carbocycles. The molecule has 0 spiro atoms. The van der Waals surface area contributed by atoms with E-state index in [-0.39, 0.29) is 0 Å². The topological polar surface area (TPSA) is 29.5 Å². The molecule has 0 unspecified atom stereocenters. The Hall–Kier alpha value is -3.14. The van der Waals surface area contributed by atoms with Crippen LogP contribution in [0.2, 0.25) is 0 Å². The van der Waals surface area contributed by atoms with Gasteiger partial charge in [0.2, 0.25) is 0 Å². The van der Waals surface area contributed by atoms with E-state index in [2.05, 4.69) is 78.9 Å². The molecule has 0 amide bonds. The van der Waals surface area contributed by atoms with Crippen LogP contribution >= 0.6 is 0 Å². The van der Waals surface area contributed by atoms with Gasteiger partial charge in [-0.3, -0.25) is 0 Å². The molecular formula is C30H30BO2. The molecule has 0 aliphatic heterocycles. The summed E-state index contributed by atoms with van der Waals surface area (Å²) >= 11 is 0. The van der Waals surface area contributed by atoms with Crippen LogP contribution in [0.4, 0.5) is 0 Å². The maximum Gasteiger partial charge on any atom is 0.330 e. The molecule has 0 aliphatic carbocycles. The van der Waals surface area contributed by atoms with Crippen molar-refractivity contribution in [3.05, 3.63) is 103 Å². The van der Waals surface area contributed by atoms with Crippen LogP contribution in [0, 0.1) is 0 Å². The summed E-state index contributed by atoms with van der Waals surface area (Å²) in [6.45, 7) is 7.32. The Morgan fingerprint density at radius 3 is 1.39 bits per heavy atom. The van der Waals surface area contributed by atoms with Crippen molar-refractivity contribution < 1.29 is 9.76 Å². The zero-order valence-electron chi connectivity index (χ0n) is 19.7. The standard InChI is InChI=1S/C30H30BO2/c1-29(2,32)30(3,4)33-31-28-20-26(23-13-9-6-10-14-23)19-27(21-28)25-17-15-24(16-18-25)22-11-7-5-8-12-22/h5-21,32H,1-4H3. The van der Waals surface area contributed by atoms with Crippen molar-refractivity contribution in [3.63, 3.8) is 0 Å². The van der Waals surface area contributed by atoms with Gasteiger partial charge in [-0.1, -0.05) is 103 Å². The first kappa shape index (κ1) is 23.0. The van der Waals surface area contributed by atoms with E-state index >= 15 is 0 Å². The highest BCUT2D eigenvalue weighted by atomic mass is 16.5. The number of hydrogen-bond acceptors (Lipinski definition) is 2. The number of benzene rings is 4. The highest BCUT2D eigenvalue weighted by Gasteiger charge is 2.35. The van der Waals surface area contributed by atoms with Gasteiger partial charge in [0.05, 0.1) is 11.2 Å². The Labute approximate surface area is 198 Å². The molecule has 1 N–H and O–H groups in total. The summed E-state index contributed by atoms with van der Waals surface area (Å²) in [6.07, 6.45) is 0.